The fourth-order valence-electron chi connectivity index (χ4n) is 5.25. The monoisotopic (exact) mass is 446 g/mol. The van der Waals surface area contributed by atoms with Crippen LogP contribution >= 0.6 is 0 Å². The number of likely N-dealkylation sites (tertiary alicyclic amines) is 1. The van der Waals surface area contributed by atoms with E-state index in [2.05, 4.69) is 15.3 Å². The lowest BCUT2D eigenvalue weighted by atomic mass is 9.88. The summed E-state index contributed by atoms with van der Waals surface area (Å²) in [7, 11) is 0. The van der Waals surface area contributed by atoms with Crippen LogP contribution in [0.2, 0.25) is 0 Å². The zero-order valence-corrected chi connectivity index (χ0v) is 18.7. The molecule has 5 rings (SSSR count). The van der Waals surface area contributed by atoms with Gasteiger partial charge >= 0.3 is 0 Å². The molecule has 8 nitrogen and oxygen atoms in total. The fourth-order valence-corrected chi connectivity index (χ4v) is 5.25. The number of carbonyl (C=O) groups excluding carboxylic acids is 2. The average Bonchev–Trinajstić information content (AvgIpc) is 3.32. The molecule has 1 spiro atoms. The van der Waals surface area contributed by atoms with Crippen LogP contribution in [0.4, 0.5) is 5.69 Å². The van der Waals surface area contributed by atoms with Crippen molar-refractivity contribution in [2.24, 2.45) is 10.7 Å². The number of aromatic nitrogens is 1. The summed E-state index contributed by atoms with van der Waals surface area (Å²) < 4.78 is 0. The molecule has 1 aromatic carbocycles. The largest absolute Gasteiger partial charge is 0.370 e. The third kappa shape index (κ3) is 4.29. The first-order valence-corrected chi connectivity index (χ1v) is 11.7. The van der Waals surface area contributed by atoms with Crippen LogP contribution in [0.3, 0.4) is 0 Å². The van der Waals surface area contributed by atoms with Gasteiger partial charge in [-0.1, -0.05) is 24.3 Å². The van der Waals surface area contributed by atoms with Gasteiger partial charge in [0.1, 0.15) is 0 Å². The van der Waals surface area contributed by atoms with Gasteiger partial charge in [0.25, 0.3) is 0 Å². The number of fused-ring (bicyclic) bond motifs is 1. The number of nitrogens with two attached hydrogens (primary N) is 1. The van der Waals surface area contributed by atoms with Gasteiger partial charge in [0.2, 0.25) is 11.8 Å². The van der Waals surface area contributed by atoms with Crippen molar-refractivity contribution in [2.75, 3.05) is 31.1 Å². The van der Waals surface area contributed by atoms with Crippen LogP contribution in [0.1, 0.15) is 42.7 Å². The zero-order valence-electron chi connectivity index (χ0n) is 18.7. The predicted molar refractivity (Wildman–Crippen MR) is 127 cm³/mol. The molecule has 2 aromatic rings. The molecule has 8 heteroatoms. The van der Waals surface area contributed by atoms with Crippen molar-refractivity contribution in [3.05, 3.63) is 59.9 Å². The third-order valence-electron chi connectivity index (χ3n) is 7.12. The number of amides is 2. The number of rotatable bonds is 6. The molecule has 33 heavy (non-hydrogen) atoms. The lowest BCUT2D eigenvalue weighted by Gasteiger charge is -2.39. The van der Waals surface area contributed by atoms with Gasteiger partial charge in [-0.25, -0.2) is 0 Å². The van der Waals surface area contributed by atoms with Crippen molar-refractivity contribution >= 4 is 23.5 Å². The molecule has 1 unspecified atom stereocenters. The Kier molecular flexibility index (Phi) is 5.74. The topological polar surface area (TPSA) is 104 Å². The van der Waals surface area contributed by atoms with Crippen molar-refractivity contribution in [1.29, 1.82) is 0 Å². The molecule has 1 saturated heterocycles. The highest BCUT2D eigenvalue weighted by molar-refractivity contribution is 6.05. The first-order valence-electron chi connectivity index (χ1n) is 11.7. The Labute approximate surface area is 193 Å². The van der Waals surface area contributed by atoms with E-state index in [1.807, 2.05) is 52.4 Å². The van der Waals surface area contributed by atoms with Crippen molar-refractivity contribution in [3.8, 4) is 0 Å². The van der Waals surface area contributed by atoms with Crippen molar-refractivity contribution in [3.63, 3.8) is 0 Å². The van der Waals surface area contributed by atoms with Crippen molar-refractivity contribution in [1.82, 2.24) is 15.2 Å². The number of hydrogen-bond acceptors (Lipinski definition) is 6. The summed E-state index contributed by atoms with van der Waals surface area (Å²) in [5.41, 5.74) is 8.78. The minimum absolute atomic E-state index is 0.0736. The Morgan fingerprint density at radius 1 is 1.18 bits per heavy atom. The van der Waals surface area contributed by atoms with Gasteiger partial charge < -0.3 is 20.9 Å². The van der Waals surface area contributed by atoms with Crippen LogP contribution < -0.4 is 16.0 Å². The summed E-state index contributed by atoms with van der Waals surface area (Å²) in [5, 5.41) is 3.29. The molecule has 1 fully saturated rings. The highest BCUT2D eigenvalue weighted by Crippen LogP contribution is 2.39. The van der Waals surface area contributed by atoms with E-state index >= 15 is 0 Å². The molecule has 2 amide bonds. The molecule has 172 valence electrons. The molecule has 3 aliphatic heterocycles. The number of piperidine rings is 1. The van der Waals surface area contributed by atoms with Crippen molar-refractivity contribution in [2.45, 2.75) is 43.6 Å². The summed E-state index contributed by atoms with van der Waals surface area (Å²) in [6.07, 6.45) is 7.01. The average molecular weight is 447 g/mol. The second-order valence-electron chi connectivity index (χ2n) is 9.26. The van der Waals surface area contributed by atoms with E-state index in [1.54, 1.807) is 6.20 Å². The number of hydrogen-bond donors (Lipinski definition) is 2. The predicted octanol–water partition coefficient (Wildman–Crippen LogP) is 1.81. The zero-order chi connectivity index (χ0) is 22.8. The number of pyridine rings is 1. The third-order valence-corrected chi connectivity index (χ3v) is 7.12. The maximum absolute atomic E-state index is 13.3. The minimum Gasteiger partial charge on any atom is -0.370 e. The molecule has 0 aliphatic carbocycles. The highest BCUT2D eigenvalue weighted by Gasteiger charge is 2.39. The number of nitrogens with one attached hydrogen (secondary N) is 1. The van der Waals surface area contributed by atoms with Crippen LogP contribution in [-0.4, -0.2) is 59.4 Å². The maximum Gasteiger partial charge on any atom is 0.234 e. The van der Waals surface area contributed by atoms with Crippen LogP contribution in [0, 0.1) is 0 Å². The van der Waals surface area contributed by atoms with Gasteiger partial charge in [0, 0.05) is 44.1 Å². The van der Waals surface area contributed by atoms with Gasteiger partial charge in [0.15, 0.2) is 5.96 Å². The number of nitrogens with zero attached hydrogens (tertiary/aromatic N) is 4. The minimum atomic E-state index is -0.201. The molecule has 3 N–H and O–H groups in total. The smallest absolute Gasteiger partial charge is 0.234 e. The van der Waals surface area contributed by atoms with Gasteiger partial charge in [-0.15, -0.1) is 0 Å². The molecule has 0 bridgehead atoms. The molecular formula is C25H30N6O2. The SMILES string of the molecule is NC1=NCC2(CCN(C(=O)CCCN3C(=O)C(Cc4cccnc4)c4ccccc43)CC2)N1. The van der Waals surface area contributed by atoms with E-state index in [0.717, 1.165) is 29.7 Å². The Bertz CT molecular complexity index is 1060. The first kappa shape index (κ1) is 21.4. The van der Waals surface area contributed by atoms with Gasteiger partial charge in [-0.2, -0.15) is 0 Å². The van der Waals surface area contributed by atoms with Gasteiger partial charge in [-0.05, 0) is 48.9 Å². The highest BCUT2D eigenvalue weighted by atomic mass is 16.2. The molecule has 4 heterocycles. The summed E-state index contributed by atoms with van der Waals surface area (Å²) >= 11 is 0. The van der Waals surface area contributed by atoms with E-state index < -0.39 is 0 Å². The van der Waals surface area contributed by atoms with E-state index in [-0.39, 0.29) is 23.3 Å². The Balaban J connectivity index is 1.16. The van der Waals surface area contributed by atoms with Gasteiger partial charge in [-0.3, -0.25) is 19.6 Å². The molecule has 0 radical (unpaired) electrons. The first-order chi connectivity index (χ1) is 16.0. The second-order valence-corrected chi connectivity index (χ2v) is 9.26. The lowest BCUT2D eigenvalue weighted by molar-refractivity contribution is -0.133. The van der Waals surface area contributed by atoms with E-state index in [0.29, 0.717) is 51.4 Å². The number of anilines is 1. The molecule has 0 saturated carbocycles. The summed E-state index contributed by atoms with van der Waals surface area (Å²) in [4.78, 5) is 38.4. The van der Waals surface area contributed by atoms with E-state index in [9.17, 15) is 9.59 Å². The quantitative estimate of drug-likeness (QED) is 0.704. The van der Waals surface area contributed by atoms with Crippen LogP contribution in [0.25, 0.3) is 0 Å². The normalized spacial score (nSPS) is 21.2. The van der Waals surface area contributed by atoms with Crippen molar-refractivity contribution < 1.29 is 9.59 Å². The van der Waals surface area contributed by atoms with Crippen LogP contribution in [0.15, 0.2) is 53.8 Å². The Morgan fingerprint density at radius 3 is 2.73 bits per heavy atom. The summed E-state index contributed by atoms with van der Waals surface area (Å²) in [5.74, 6) is 0.570. The van der Waals surface area contributed by atoms with Crippen LogP contribution in [-0.2, 0) is 16.0 Å². The van der Waals surface area contributed by atoms with E-state index in [1.165, 1.54) is 0 Å². The number of benzene rings is 1. The fraction of sp³-hybridized carbons (Fsp3) is 0.440. The van der Waals surface area contributed by atoms with Crippen LogP contribution in [0.5, 0.6) is 0 Å². The Morgan fingerprint density at radius 2 is 2.00 bits per heavy atom. The number of carbonyl (C=O) groups is 2. The Hall–Kier alpha value is -3.42. The summed E-state index contributed by atoms with van der Waals surface area (Å²) in [6.45, 7) is 2.67. The molecule has 1 atom stereocenters. The second kappa shape index (κ2) is 8.84. The summed E-state index contributed by atoms with van der Waals surface area (Å²) in [6, 6.07) is 11.9. The molecular weight excluding hydrogens is 416 g/mol. The standard InChI is InChI=1S/C25H30N6O2/c26-24-28-17-25(29-24)9-13-30(14-10-25)22(32)8-4-12-31-21-7-2-1-6-19(21)20(23(31)33)15-18-5-3-11-27-16-18/h1-3,5-7,11,16,20H,4,8-10,12-15,17H2,(H3,26,28,29). The molecule has 1 aromatic heterocycles. The number of guanidine groups is 1. The lowest BCUT2D eigenvalue weighted by Crippen LogP contribution is -2.55. The maximum atomic E-state index is 13.3. The molecule has 3 aliphatic rings. The number of aliphatic imine (C=N–C) groups is 1. The van der Waals surface area contributed by atoms with E-state index in [4.69, 9.17) is 5.73 Å². The van der Waals surface area contributed by atoms with Gasteiger partial charge in [0.05, 0.1) is 18.0 Å². The number of para-hydroxylation sites is 1.